The fourth-order valence-corrected chi connectivity index (χ4v) is 2.47. The van der Waals surface area contributed by atoms with E-state index in [9.17, 15) is 4.79 Å². The van der Waals surface area contributed by atoms with E-state index in [0.29, 0.717) is 19.6 Å². The van der Waals surface area contributed by atoms with Crippen LogP contribution in [0.1, 0.15) is 32.5 Å². The van der Waals surface area contributed by atoms with Crippen LogP contribution in [0.15, 0.2) is 24.3 Å². The molecule has 0 bridgehead atoms. The summed E-state index contributed by atoms with van der Waals surface area (Å²) in [4.78, 5) is 16.0. The van der Waals surface area contributed by atoms with Crippen molar-refractivity contribution in [1.29, 1.82) is 0 Å². The number of fused-ring (bicyclic) bond motifs is 1. The van der Waals surface area contributed by atoms with Crippen LogP contribution in [0, 0.1) is 0 Å². The van der Waals surface area contributed by atoms with E-state index in [1.807, 2.05) is 32.0 Å². The molecule has 0 spiro atoms. The number of aromatic nitrogens is 2. The highest BCUT2D eigenvalue weighted by molar-refractivity contribution is 5.76. The maximum Gasteiger partial charge on any atom is 0.219 e. The van der Waals surface area contributed by atoms with Crippen molar-refractivity contribution >= 4 is 16.9 Å². The third kappa shape index (κ3) is 4.31. The van der Waals surface area contributed by atoms with Crippen LogP contribution in [0.4, 0.5) is 0 Å². The van der Waals surface area contributed by atoms with Gasteiger partial charge in [0.2, 0.25) is 5.91 Å². The van der Waals surface area contributed by atoms with Crippen molar-refractivity contribution in [2.45, 2.75) is 39.7 Å². The molecule has 120 valence electrons. The number of hydrogen-bond donors (Lipinski definition) is 1. The number of nitrogens with one attached hydrogen (secondary N) is 1. The number of para-hydroxylation sites is 2. The second-order valence-electron chi connectivity index (χ2n) is 5.17. The summed E-state index contributed by atoms with van der Waals surface area (Å²) in [5.41, 5.74) is 2.17. The van der Waals surface area contributed by atoms with Gasteiger partial charge in [-0.2, -0.15) is 0 Å². The van der Waals surface area contributed by atoms with Gasteiger partial charge < -0.3 is 14.6 Å². The van der Waals surface area contributed by atoms with E-state index in [2.05, 4.69) is 16.0 Å². The number of hydrogen-bond acceptors (Lipinski definition) is 3. The smallest absolute Gasteiger partial charge is 0.219 e. The standard InChI is InChI=1S/C17H25N3O2/c1-3-17(21)18-11-7-10-16-19-14-8-5-6-9-15(14)20(16)12-13-22-4-2/h5-6,8-9H,3-4,7,10-13H2,1-2H3,(H,18,21). The van der Waals surface area contributed by atoms with Gasteiger partial charge in [0.15, 0.2) is 0 Å². The molecule has 22 heavy (non-hydrogen) atoms. The Morgan fingerprint density at radius 2 is 2.14 bits per heavy atom. The topological polar surface area (TPSA) is 56.1 Å². The van der Waals surface area contributed by atoms with Gasteiger partial charge in [-0.3, -0.25) is 4.79 Å². The molecular formula is C17H25N3O2. The summed E-state index contributed by atoms with van der Waals surface area (Å²) in [6.45, 7) is 6.79. The minimum atomic E-state index is 0.102. The number of imidazole rings is 1. The molecule has 0 saturated heterocycles. The molecule has 0 atom stereocenters. The Hall–Kier alpha value is -1.88. The number of nitrogens with zero attached hydrogens (tertiary/aromatic N) is 2. The summed E-state index contributed by atoms with van der Waals surface area (Å²) in [5.74, 6) is 1.16. The van der Waals surface area contributed by atoms with Crippen molar-refractivity contribution < 1.29 is 9.53 Å². The maximum absolute atomic E-state index is 11.3. The van der Waals surface area contributed by atoms with Crippen molar-refractivity contribution in [3.63, 3.8) is 0 Å². The largest absolute Gasteiger partial charge is 0.380 e. The Kier molecular flexibility index (Phi) is 6.40. The predicted molar refractivity (Wildman–Crippen MR) is 87.8 cm³/mol. The number of benzene rings is 1. The van der Waals surface area contributed by atoms with Crippen LogP contribution in [-0.2, 0) is 22.5 Å². The monoisotopic (exact) mass is 303 g/mol. The molecule has 2 rings (SSSR count). The molecule has 1 N–H and O–H groups in total. The zero-order valence-corrected chi connectivity index (χ0v) is 13.5. The minimum Gasteiger partial charge on any atom is -0.380 e. The van der Waals surface area contributed by atoms with Gasteiger partial charge in [0.1, 0.15) is 5.82 Å². The molecule has 5 nitrogen and oxygen atoms in total. The van der Waals surface area contributed by atoms with E-state index in [1.165, 1.54) is 0 Å². The Balaban J connectivity index is 2.03. The van der Waals surface area contributed by atoms with Crippen molar-refractivity contribution in [1.82, 2.24) is 14.9 Å². The lowest BCUT2D eigenvalue weighted by Crippen LogP contribution is -2.23. The summed E-state index contributed by atoms with van der Waals surface area (Å²) in [5, 5.41) is 2.91. The molecule has 0 aliphatic heterocycles. The normalized spacial score (nSPS) is 11.0. The second-order valence-corrected chi connectivity index (χ2v) is 5.17. The van der Waals surface area contributed by atoms with E-state index in [4.69, 9.17) is 9.72 Å². The summed E-state index contributed by atoms with van der Waals surface area (Å²) in [7, 11) is 0. The van der Waals surface area contributed by atoms with Crippen molar-refractivity contribution in [3.8, 4) is 0 Å². The van der Waals surface area contributed by atoms with Crippen LogP contribution < -0.4 is 5.32 Å². The van der Waals surface area contributed by atoms with E-state index in [1.54, 1.807) is 0 Å². The zero-order chi connectivity index (χ0) is 15.8. The van der Waals surface area contributed by atoms with Crippen LogP contribution in [-0.4, -0.2) is 35.2 Å². The first-order valence-corrected chi connectivity index (χ1v) is 8.04. The fraction of sp³-hybridized carbons (Fsp3) is 0.529. The maximum atomic E-state index is 11.3. The molecule has 1 aromatic heterocycles. The summed E-state index contributed by atoms with van der Waals surface area (Å²) < 4.78 is 7.71. The van der Waals surface area contributed by atoms with Crippen LogP contribution in [0.2, 0.25) is 0 Å². The first-order chi connectivity index (χ1) is 10.8. The molecule has 0 fully saturated rings. The van der Waals surface area contributed by atoms with Gasteiger partial charge in [-0.15, -0.1) is 0 Å². The van der Waals surface area contributed by atoms with Gasteiger partial charge in [-0.25, -0.2) is 4.98 Å². The van der Waals surface area contributed by atoms with Gasteiger partial charge in [-0.05, 0) is 25.5 Å². The van der Waals surface area contributed by atoms with Crippen molar-refractivity contribution in [3.05, 3.63) is 30.1 Å². The lowest BCUT2D eigenvalue weighted by molar-refractivity contribution is -0.120. The van der Waals surface area contributed by atoms with Crippen LogP contribution in [0.25, 0.3) is 11.0 Å². The van der Waals surface area contributed by atoms with E-state index in [0.717, 1.165) is 42.9 Å². The zero-order valence-electron chi connectivity index (χ0n) is 13.5. The van der Waals surface area contributed by atoms with Gasteiger partial charge in [-0.1, -0.05) is 19.1 Å². The average Bonchev–Trinajstić information content (AvgIpc) is 2.89. The highest BCUT2D eigenvalue weighted by Gasteiger charge is 2.10. The van der Waals surface area contributed by atoms with Crippen LogP contribution in [0.3, 0.4) is 0 Å². The van der Waals surface area contributed by atoms with Crippen LogP contribution in [0.5, 0.6) is 0 Å². The van der Waals surface area contributed by atoms with Crippen molar-refractivity contribution in [2.24, 2.45) is 0 Å². The second kappa shape index (κ2) is 8.54. The quantitative estimate of drug-likeness (QED) is 0.724. The Bertz CT molecular complexity index is 607. The summed E-state index contributed by atoms with van der Waals surface area (Å²) in [6, 6.07) is 8.17. The third-order valence-corrected chi connectivity index (χ3v) is 3.62. The lowest BCUT2D eigenvalue weighted by atomic mass is 10.3. The average molecular weight is 303 g/mol. The SMILES string of the molecule is CCOCCn1c(CCCNC(=O)CC)nc2ccccc21. The Labute approximate surface area is 131 Å². The Morgan fingerprint density at radius 3 is 2.91 bits per heavy atom. The molecule has 0 aliphatic carbocycles. The highest BCUT2D eigenvalue weighted by atomic mass is 16.5. The first kappa shape index (κ1) is 16.5. The molecule has 0 radical (unpaired) electrons. The third-order valence-electron chi connectivity index (χ3n) is 3.62. The van der Waals surface area contributed by atoms with E-state index in [-0.39, 0.29) is 5.91 Å². The first-order valence-electron chi connectivity index (χ1n) is 8.04. The van der Waals surface area contributed by atoms with E-state index < -0.39 is 0 Å². The molecule has 1 heterocycles. The van der Waals surface area contributed by atoms with Gasteiger partial charge in [0.25, 0.3) is 0 Å². The molecule has 5 heteroatoms. The number of aryl methyl sites for hydroxylation is 1. The minimum absolute atomic E-state index is 0.102. The van der Waals surface area contributed by atoms with Crippen molar-refractivity contribution in [2.75, 3.05) is 19.8 Å². The van der Waals surface area contributed by atoms with E-state index >= 15 is 0 Å². The summed E-state index contributed by atoms with van der Waals surface area (Å²) in [6.07, 6.45) is 2.28. The molecule has 0 aliphatic rings. The van der Waals surface area contributed by atoms with Crippen LogP contribution >= 0.6 is 0 Å². The van der Waals surface area contributed by atoms with Gasteiger partial charge in [0.05, 0.1) is 17.6 Å². The van der Waals surface area contributed by atoms with Gasteiger partial charge >= 0.3 is 0 Å². The molecule has 0 saturated carbocycles. The number of ether oxygens (including phenoxy) is 1. The molecule has 0 unspecified atom stereocenters. The predicted octanol–water partition coefficient (Wildman–Crippen LogP) is 2.53. The molecular weight excluding hydrogens is 278 g/mol. The Morgan fingerprint density at radius 1 is 1.32 bits per heavy atom. The highest BCUT2D eigenvalue weighted by Crippen LogP contribution is 2.17. The molecule has 1 aromatic carbocycles. The number of amides is 1. The number of rotatable bonds is 9. The summed E-state index contributed by atoms with van der Waals surface area (Å²) >= 11 is 0. The molecule has 1 amide bonds. The lowest BCUT2D eigenvalue weighted by Gasteiger charge is -2.09. The molecule has 2 aromatic rings. The van der Waals surface area contributed by atoms with Gasteiger partial charge in [0, 0.05) is 32.5 Å². The number of carbonyl (C=O) groups is 1. The number of carbonyl (C=O) groups excluding carboxylic acids is 1. The fourth-order valence-electron chi connectivity index (χ4n) is 2.47.